The Morgan fingerprint density at radius 3 is 1.83 bits per heavy atom. The lowest BCUT2D eigenvalue weighted by atomic mass is 9.78. The smallest absolute Gasteiger partial charge is 0.251 e. The largest absolute Gasteiger partial charge is 0.496 e. The van der Waals surface area contributed by atoms with Crippen molar-refractivity contribution in [1.82, 2.24) is 10.6 Å². The van der Waals surface area contributed by atoms with E-state index in [1.807, 2.05) is 12.1 Å². The van der Waals surface area contributed by atoms with E-state index in [0.717, 1.165) is 53.8 Å². The van der Waals surface area contributed by atoms with Crippen molar-refractivity contribution in [2.24, 2.45) is 5.92 Å². The lowest BCUT2D eigenvalue weighted by molar-refractivity contribution is -0.122. The van der Waals surface area contributed by atoms with Gasteiger partial charge in [-0.05, 0) is 90.1 Å². The Bertz CT molecular complexity index is 1400. The van der Waals surface area contributed by atoms with Gasteiger partial charge in [0.15, 0.2) is 5.78 Å². The van der Waals surface area contributed by atoms with Gasteiger partial charge in [-0.2, -0.15) is 0 Å². The average Bonchev–Trinajstić information content (AvgIpc) is 3.54. The average molecular weight is 633 g/mol. The van der Waals surface area contributed by atoms with E-state index in [2.05, 4.69) is 52.2 Å². The number of Topliss-reactive ketones (excluding diaryl/α,β-unsaturated/α-hetero) is 1. The fourth-order valence-electron chi connectivity index (χ4n) is 6.46. The summed E-state index contributed by atoms with van der Waals surface area (Å²) >= 11 is 0. The summed E-state index contributed by atoms with van der Waals surface area (Å²) in [4.78, 5) is 27.6. The van der Waals surface area contributed by atoms with Crippen LogP contribution >= 0.6 is 0 Å². The fourth-order valence-corrected chi connectivity index (χ4v) is 6.46. The molecule has 1 aliphatic rings. The number of halogens is 2. The van der Waals surface area contributed by atoms with Crippen molar-refractivity contribution in [2.75, 3.05) is 20.2 Å². The van der Waals surface area contributed by atoms with Crippen LogP contribution in [-0.2, 0) is 15.6 Å². The molecule has 3 aromatic carbocycles. The number of ketones is 1. The molecule has 0 saturated carbocycles. The van der Waals surface area contributed by atoms with Gasteiger partial charge < -0.3 is 15.4 Å². The number of hydrogen-bond donors (Lipinski definition) is 2. The molecule has 0 spiro atoms. The highest BCUT2D eigenvalue weighted by molar-refractivity contribution is 5.98. The van der Waals surface area contributed by atoms with Crippen molar-refractivity contribution in [3.05, 3.63) is 100 Å². The zero-order chi connectivity index (χ0) is 33.6. The second-order valence-electron chi connectivity index (χ2n) is 14.7. The second-order valence-corrected chi connectivity index (χ2v) is 14.7. The molecule has 0 bridgehead atoms. The number of carbonyl (C=O) groups is 2. The summed E-state index contributed by atoms with van der Waals surface area (Å²) in [7, 11) is 1.67. The van der Waals surface area contributed by atoms with Crippen LogP contribution in [0.2, 0.25) is 0 Å². The molecule has 248 valence electrons. The summed E-state index contributed by atoms with van der Waals surface area (Å²) in [6.07, 6.45) is 3.27. The van der Waals surface area contributed by atoms with E-state index in [1.54, 1.807) is 31.4 Å². The lowest BCUT2D eigenvalue weighted by Gasteiger charge is -2.30. The van der Waals surface area contributed by atoms with Crippen LogP contribution in [0.1, 0.15) is 112 Å². The van der Waals surface area contributed by atoms with Crippen LogP contribution in [0.3, 0.4) is 0 Å². The first-order valence-corrected chi connectivity index (χ1v) is 16.5. The molecule has 7 heteroatoms. The van der Waals surface area contributed by atoms with Gasteiger partial charge in [-0.3, -0.25) is 9.59 Å². The van der Waals surface area contributed by atoms with Crippen molar-refractivity contribution in [3.8, 4) is 5.75 Å². The van der Waals surface area contributed by atoms with Crippen LogP contribution in [-0.4, -0.2) is 37.9 Å². The predicted octanol–water partition coefficient (Wildman–Crippen LogP) is 8.24. The maximum atomic E-state index is 13.9. The molecule has 2 atom stereocenters. The first-order chi connectivity index (χ1) is 21.7. The van der Waals surface area contributed by atoms with Crippen LogP contribution in [0, 0.1) is 17.6 Å². The molecule has 1 amide bonds. The third-order valence-corrected chi connectivity index (χ3v) is 9.09. The van der Waals surface area contributed by atoms with Crippen molar-refractivity contribution in [1.29, 1.82) is 0 Å². The van der Waals surface area contributed by atoms with Crippen LogP contribution in [0.5, 0.6) is 5.75 Å². The standard InChI is InChI=1S/C39H50F2N2O3/c1-38(2,3)32-22-28(23-33(36(32)46-7)39(4,5)6)37(45)43-35(27-20-21-42-24-27)34(44)11-9-8-10-31(25-12-16-29(40)17-13-25)26-14-18-30(41)19-15-26/h12-19,22-23,27,31,35,42H,8-11,20-21,24H2,1-7H3,(H,43,45)/t27?,35-/m1/s1. The van der Waals surface area contributed by atoms with Gasteiger partial charge in [-0.15, -0.1) is 0 Å². The van der Waals surface area contributed by atoms with Gasteiger partial charge in [0.25, 0.3) is 5.91 Å². The number of hydrogen-bond acceptors (Lipinski definition) is 4. The number of ether oxygens (including phenoxy) is 1. The molecule has 46 heavy (non-hydrogen) atoms. The van der Waals surface area contributed by atoms with Crippen molar-refractivity contribution in [2.45, 2.75) is 96.4 Å². The van der Waals surface area contributed by atoms with Crippen LogP contribution in [0.15, 0.2) is 60.7 Å². The Labute approximate surface area is 273 Å². The lowest BCUT2D eigenvalue weighted by Crippen LogP contribution is -2.46. The zero-order valence-electron chi connectivity index (χ0n) is 28.4. The molecular weight excluding hydrogens is 582 g/mol. The minimum Gasteiger partial charge on any atom is -0.496 e. The van der Waals surface area contributed by atoms with Crippen molar-refractivity contribution in [3.63, 3.8) is 0 Å². The first-order valence-electron chi connectivity index (χ1n) is 16.5. The molecule has 1 unspecified atom stereocenters. The Hall–Kier alpha value is -3.58. The van der Waals surface area contributed by atoms with E-state index in [1.165, 1.54) is 24.3 Å². The third-order valence-electron chi connectivity index (χ3n) is 9.09. The molecule has 0 aromatic heterocycles. The molecule has 3 aromatic rings. The molecule has 1 aliphatic heterocycles. The number of benzene rings is 3. The minimum absolute atomic E-state index is 0.0186. The van der Waals surface area contributed by atoms with Crippen LogP contribution in [0.4, 0.5) is 8.78 Å². The van der Waals surface area contributed by atoms with Gasteiger partial charge in [0, 0.05) is 35.6 Å². The Balaban J connectivity index is 1.50. The van der Waals surface area contributed by atoms with E-state index >= 15 is 0 Å². The maximum absolute atomic E-state index is 13.9. The Morgan fingerprint density at radius 2 is 1.39 bits per heavy atom. The van der Waals surface area contributed by atoms with Gasteiger partial charge >= 0.3 is 0 Å². The van der Waals surface area contributed by atoms with Crippen LogP contribution < -0.4 is 15.4 Å². The molecule has 0 aliphatic carbocycles. The van der Waals surface area contributed by atoms with Gasteiger partial charge in [0.05, 0.1) is 13.2 Å². The highest BCUT2D eigenvalue weighted by Gasteiger charge is 2.33. The summed E-state index contributed by atoms with van der Waals surface area (Å²) < 4.78 is 33.2. The monoisotopic (exact) mass is 632 g/mol. The van der Waals surface area contributed by atoms with Gasteiger partial charge in [0.2, 0.25) is 0 Å². The second kappa shape index (κ2) is 14.9. The van der Waals surface area contributed by atoms with Crippen molar-refractivity contribution < 1.29 is 23.1 Å². The van der Waals surface area contributed by atoms with E-state index in [9.17, 15) is 18.4 Å². The number of carbonyl (C=O) groups excluding carboxylic acids is 2. The first kappa shape index (κ1) is 35.3. The number of rotatable bonds is 12. The molecule has 2 N–H and O–H groups in total. The predicted molar refractivity (Wildman–Crippen MR) is 181 cm³/mol. The number of unbranched alkanes of at least 4 members (excludes halogenated alkanes) is 1. The van der Waals surface area contributed by atoms with E-state index in [0.29, 0.717) is 24.9 Å². The summed E-state index contributed by atoms with van der Waals surface area (Å²) in [6.45, 7) is 14.1. The van der Waals surface area contributed by atoms with Crippen LogP contribution in [0.25, 0.3) is 0 Å². The molecule has 4 rings (SSSR count). The molecule has 0 radical (unpaired) electrons. The number of amides is 1. The van der Waals surface area contributed by atoms with E-state index < -0.39 is 6.04 Å². The quantitative estimate of drug-likeness (QED) is 0.198. The normalized spacial score (nSPS) is 16.0. The molecule has 1 fully saturated rings. The fraction of sp³-hybridized carbons (Fsp3) is 0.487. The number of nitrogens with one attached hydrogen (secondary N) is 2. The SMILES string of the molecule is COc1c(C(C)(C)C)cc(C(=O)N[C@@H](C(=O)CCCCC(c2ccc(F)cc2)c2ccc(F)cc2)C2CCNC2)cc1C(C)(C)C. The van der Waals surface area contributed by atoms with Crippen molar-refractivity contribution >= 4 is 11.7 Å². The minimum atomic E-state index is -0.592. The molecule has 1 heterocycles. The molecule has 1 saturated heterocycles. The maximum Gasteiger partial charge on any atom is 0.251 e. The van der Waals surface area contributed by atoms with Gasteiger partial charge in [-0.25, -0.2) is 8.78 Å². The summed E-state index contributed by atoms with van der Waals surface area (Å²) in [5.74, 6) is -0.0655. The third kappa shape index (κ3) is 8.81. The van der Waals surface area contributed by atoms with E-state index in [4.69, 9.17) is 4.74 Å². The van der Waals surface area contributed by atoms with Gasteiger partial charge in [-0.1, -0.05) is 72.2 Å². The Kier molecular flexibility index (Phi) is 11.4. The zero-order valence-corrected chi connectivity index (χ0v) is 28.4. The topological polar surface area (TPSA) is 67.4 Å². The summed E-state index contributed by atoms with van der Waals surface area (Å²) in [6, 6.07) is 16.0. The highest BCUT2D eigenvalue weighted by Crippen LogP contribution is 2.40. The number of methoxy groups -OCH3 is 1. The van der Waals surface area contributed by atoms with E-state index in [-0.39, 0.29) is 46.0 Å². The summed E-state index contributed by atoms with van der Waals surface area (Å²) in [5, 5.41) is 6.49. The molecular formula is C39H50F2N2O3. The summed E-state index contributed by atoms with van der Waals surface area (Å²) in [5.41, 5.74) is 3.82. The Morgan fingerprint density at radius 1 is 0.870 bits per heavy atom. The molecule has 5 nitrogen and oxygen atoms in total. The van der Waals surface area contributed by atoms with Gasteiger partial charge in [0.1, 0.15) is 17.4 Å². The highest BCUT2D eigenvalue weighted by atomic mass is 19.1.